The fraction of sp³-hybridized carbons (Fsp3) is 0.125. The summed E-state index contributed by atoms with van der Waals surface area (Å²) < 4.78 is 5.01. The predicted molar refractivity (Wildman–Crippen MR) is 80.3 cm³/mol. The zero-order valence-corrected chi connectivity index (χ0v) is 11.9. The molecule has 0 saturated heterocycles. The zero-order valence-electron chi connectivity index (χ0n) is 11.9. The van der Waals surface area contributed by atoms with Crippen LogP contribution < -0.4 is 10.5 Å². The van der Waals surface area contributed by atoms with Gasteiger partial charge in [0.25, 0.3) is 0 Å². The second kappa shape index (κ2) is 6.56. The van der Waals surface area contributed by atoms with Crippen molar-refractivity contribution < 1.29 is 14.4 Å². The van der Waals surface area contributed by atoms with E-state index in [1.54, 1.807) is 31.4 Å². The van der Waals surface area contributed by atoms with Crippen molar-refractivity contribution in [2.75, 3.05) is 7.11 Å². The molecule has 0 aliphatic heterocycles. The number of methoxy groups -OCH3 is 1. The molecular weight excluding hydrogens is 268 g/mol. The van der Waals surface area contributed by atoms with Gasteiger partial charge in [0.2, 0.25) is 0 Å². The van der Waals surface area contributed by atoms with E-state index in [-0.39, 0.29) is 5.84 Å². The van der Waals surface area contributed by atoms with E-state index >= 15 is 0 Å². The van der Waals surface area contributed by atoms with Gasteiger partial charge in [-0.25, -0.2) is 4.79 Å². The molecule has 0 heterocycles. The summed E-state index contributed by atoms with van der Waals surface area (Å²) in [7, 11) is 1.56. The van der Waals surface area contributed by atoms with Gasteiger partial charge in [-0.3, -0.25) is 0 Å². The van der Waals surface area contributed by atoms with Crippen molar-refractivity contribution in [3.05, 3.63) is 65.2 Å². The molecule has 0 unspecified atom stereocenters. The number of hydrogen-bond acceptors (Lipinski definition) is 4. The molecule has 0 bridgehead atoms. The van der Waals surface area contributed by atoms with Crippen molar-refractivity contribution in [1.29, 1.82) is 0 Å². The first kappa shape index (κ1) is 14.6. The minimum Gasteiger partial charge on any atom is -0.497 e. The molecular formula is C16H16N2O3. The summed E-state index contributed by atoms with van der Waals surface area (Å²) >= 11 is 0. The van der Waals surface area contributed by atoms with Crippen LogP contribution in [-0.4, -0.2) is 18.9 Å². The Kier molecular flexibility index (Phi) is 4.56. The molecule has 2 aromatic rings. The van der Waals surface area contributed by atoms with E-state index in [9.17, 15) is 4.79 Å². The number of nitrogens with two attached hydrogens (primary N) is 1. The molecule has 0 aliphatic carbocycles. The molecule has 108 valence electrons. The predicted octanol–water partition coefficient (Wildman–Crippen LogP) is 2.48. The number of aryl methyl sites for hydroxylation is 1. The Morgan fingerprint density at radius 2 is 1.57 bits per heavy atom. The molecule has 0 saturated carbocycles. The van der Waals surface area contributed by atoms with E-state index < -0.39 is 5.97 Å². The third kappa shape index (κ3) is 3.82. The summed E-state index contributed by atoms with van der Waals surface area (Å²) in [5.41, 5.74) is 7.95. The molecule has 0 spiro atoms. The van der Waals surface area contributed by atoms with Gasteiger partial charge < -0.3 is 15.3 Å². The van der Waals surface area contributed by atoms with Crippen molar-refractivity contribution in [2.45, 2.75) is 6.92 Å². The zero-order chi connectivity index (χ0) is 15.2. The van der Waals surface area contributed by atoms with Crippen molar-refractivity contribution in [1.82, 2.24) is 0 Å². The van der Waals surface area contributed by atoms with E-state index in [0.29, 0.717) is 16.9 Å². The Hall–Kier alpha value is -2.82. The Morgan fingerprint density at radius 1 is 1.00 bits per heavy atom. The van der Waals surface area contributed by atoms with Crippen molar-refractivity contribution >= 4 is 11.8 Å². The lowest BCUT2D eigenvalue weighted by Gasteiger charge is -2.03. The molecule has 2 aromatic carbocycles. The largest absolute Gasteiger partial charge is 0.497 e. The van der Waals surface area contributed by atoms with Gasteiger partial charge in [-0.1, -0.05) is 35.0 Å². The maximum absolute atomic E-state index is 11.8. The Balaban J connectivity index is 2.04. The second-order valence-corrected chi connectivity index (χ2v) is 4.45. The number of oxime groups is 1. The van der Waals surface area contributed by atoms with E-state index in [2.05, 4.69) is 5.16 Å². The van der Waals surface area contributed by atoms with Crippen LogP contribution in [-0.2, 0) is 4.84 Å². The highest BCUT2D eigenvalue weighted by molar-refractivity contribution is 5.98. The molecule has 0 amide bonds. The molecule has 21 heavy (non-hydrogen) atoms. The maximum Gasteiger partial charge on any atom is 0.365 e. The Morgan fingerprint density at radius 3 is 2.14 bits per heavy atom. The first-order valence-electron chi connectivity index (χ1n) is 6.36. The Labute approximate surface area is 123 Å². The van der Waals surface area contributed by atoms with E-state index in [1.165, 1.54) is 0 Å². The van der Waals surface area contributed by atoms with Gasteiger partial charge in [0, 0.05) is 5.56 Å². The minimum atomic E-state index is -0.576. The number of hydrogen-bond donors (Lipinski definition) is 1. The normalized spacial score (nSPS) is 11.0. The molecule has 2 rings (SSSR count). The standard InChI is InChI=1S/C16H16N2O3/c1-11-3-5-12(6-4-11)15(17)18-21-16(19)13-7-9-14(20-2)10-8-13/h3-10H,1-2H3,(H2,17,18). The van der Waals surface area contributed by atoms with E-state index in [0.717, 1.165) is 5.56 Å². The quantitative estimate of drug-likeness (QED) is 0.405. The van der Waals surface area contributed by atoms with Crippen LogP contribution in [0.4, 0.5) is 0 Å². The molecule has 0 aromatic heterocycles. The van der Waals surface area contributed by atoms with Gasteiger partial charge in [0.15, 0.2) is 5.84 Å². The topological polar surface area (TPSA) is 73.9 Å². The number of rotatable bonds is 4. The van der Waals surface area contributed by atoms with Crippen LogP contribution in [0.25, 0.3) is 0 Å². The summed E-state index contributed by atoms with van der Waals surface area (Å²) in [5.74, 6) is 0.235. The number of ether oxygens (including phenoxy) is 1. The smallest absolute Gasteiger partial charge is 0.365 e. The molecule has 0 atom stereocenters. The van der Waals surface area contributed by atoms with Crippen molar-refractivity contribution in [2.24, 2.45) is 10.9 Å². The second-order valence-electron chi connectivity index (χ2n) is 4.45. The van der Waals surface area contributed by atoms with Gasteiger partial charge >= 0.3 is 5.97 Å². The SMILES string of the molecule is COc1ccc(C(=O)O/N=C(\N)c2ccc(C)cc2)cc1. The highest BCUT2D eigenvalue weighted by atomic mass is 16.7. The average Bonchev–Trinajstić information content (AvgIpc) is 2.53. The van der Waals surface area contributed by atoms with Crippen LogP contribution in [0.15, 0.2) is 53.7 Å². The maximum atomic E-state index is 11.8. The van der Waals surface area contributed by atoms with Gasteiger partial charge in [0.05, 0.1) is 12.7 Å². The van der Waals surface area contributed by atoms with Crippen LogP contribution in [0.5, 0.6) is 5.75 Å². The van der Waals surface area contributed by atoms with Gasteiger partial charge in [0.1, 0.15) is 5.75 Å². The Bertz CT molecular complexity index is 646. The van der Waals surface area contributed by atoms with Gasteiger partial charge in [-0.05, 0) is 31.2 Å². The third-order valence-corrected chi connectivity index (χ3v) is 2.90. The first-order valence-corrected chi connectivity index (χ1v) is 6.36. The summed E-state index contributed by atoms with van der Waals surface area (Å²) in [6.07, 6.45) is 0. The van der Waals surface area contributed by atoms with E-state index in [1.807, 2.05) is 31.2 Å². The lowest BCUT2D eigenvalue weighted by molar-refractivity contribution is 0.0516. The fourth-order valence-corrected chi connectivity index (χ4v) is 1.65. The van der Waals surface area contributed by atoms with Gasteiger partial charge in [-0.15, -0.1) is 0 Å². The summed E-state index contributed by atoms with van der Waals surface area (Å²) in [5, 5.41) is 3.66. The lowest BCUT2D eigenvalue weighted by Crippen LogP contribution is -2.15. The van der Waals surface area contributed by atoms with Crippen LogP contribution in [0, 0.1) is 6.92 Å². The minimum absolute atomic E-state index is 0.150. The number of benzene rings is 2. The molecule has 2 N–H and O–H groups in total. The lowest BCUT2D eigenvalue weighted by atomic mass is 10.1. The molecule has 5 nitrogen and oxygen atoms in total. The monoisotopic (exact) mass is 284 g/mol. The summed E-state index contributed by atoms with van der Waals surface area (Å²) in [4.78, 5) is 16.6. The third-order valence-electron chi connectivity index (χ3n) is 2.90. The highest BCUT2D eigenvalue weighted by Gasteiger charge is 2.08. The van der Waals surface area contributed by atoms with Crippen molar-refractivity contribution in [3.63, 3.8) is 0 Å². The fourth-order valence-electron chi connectivity index (χ4n) is 1.65. The van der Waals surface area contributed by atoms with Crippen molar-refractivity contribution in [3.8, 4) is 5.75 Å². The number of carbonyl (C=O) groups is 1. The van der Waals surface area contributed by atoms with Crippen LogP contribution >= 0.6 is 0 Å². The average molecular weight is 284 g/mol. The molecule has 0 aliphatic rings. The van der Waals surface area contributed by atoms with E-state index in [4.69, 9.17) is 15.3 Å². The number of amidine groups is 1. The van der Waals surface area contributed by atoms with Crippen LogP contribution in [0.2, 0.25) is 0 Å². The van der Waals surface area contributed by atoms with Crippen LogP contribution in [0.3, 0.4) is 0 Å². The number of carbonyl (C=O) groups excluding carboxylic acids is 1. The van der Waals surface area contributed by atoms with Crippen LogP contribution in [0.1, 0.15) is 21.5 Å². The molecule has 5 heteroatoms. The van der Waals surface area contributed by atoms with Gasteiger partial charge in [-0.2, -0.15) is 0 Å². The summed E-state index contributed by atoms with van der Waals surface area (Å²) in [6, 6.07) is 14.0. The summed E-state index contributed by atoms with van der Waals surface area (Å²) in [6.45, 7) is 1.97. The first-order chi connectivity index (χ1) is 10.1. The molecule has 0 fully saturated rings. The number of nitrogens with zero attached hydrogens (tertiary/aromatic N) is 1. The molecule has 0 radical (unpaired) electrons. The highest BCUT2D eigenvalue weighted by Crippen LogP contribution is 2.12.